The van der Waals surface area contributed by atoms with E-state index < -0.39 is 11.4 Å². The lowest BCUT2D eigenvalue weighted by Crippen LogP contribution is -2.45. The topological polar surface area (TPSA) is 56.0 Å². The molecule has 0 unspecified atom stereocenters. The maximum atomic E-state index is 14.2. The van der Waals surface area contributed by atoms with E-state index in [9.17, 15) is 9.50 Å². The predicted octanol–water partition coefficient (Wildman–Crippen LogP) is 3.81. The molecule has 1 aromatic carbocycles. The van der Waals surface area contributed by atoms with Crippen molar-refractivity contribution in [1.82, 2.24) is 0 Å². The van der Waals surface area contributed by atoms with Crippen molar-refractivity contribution in [3.63, 3.8) is 0 Å². The molecule has 0 heterocycles. The summed E-state index contributed by atoms with van der Waals surface area (Å²) in [5, 5.41) is 21.7. The Bertz CT molecular complexity index is 533. The lowest BCUT2D eigenvalue weighted by Gasteiger charge is -2.39. The molecule has 20 heavy (non-hydrogen) atoms. The van der Waals surface area contributed by atoms with Gasteiger partial charge in [-0.15, -0.1) is 0 Å². The molecule has 0 radical (unpaired) electrons. The van der Waals surface area contributed by atoms with E-state index >= 15 is 0 Å². The van der Waals surface area contributed by atoms with Gasteiger partial charge in [0.05, 0.1) is 27.9 Å². The van der Waals surface area contributed by atoms with E-state index in [1.807, 2.05) is 6.07 Å². The van der Waals surface area contributed by atoms with Crippen LogP contribution in [0, 0.1) is 23.1 Å². The number of hydrogen-bond acceptors (Lipinski definition) is 3. The van der Waals surface area contributed by atoms with Gasteiger partial charge in [0, 0.05) is 0 Å². The Kier molecular flexibility index (Phi) is 4.66. The zero-order valence-corrected chi connectivity index (χ0v) is 13.0. The van der Waals surface area contributed by atoms with Crippen LogP contribution in [0.25, 0.3) is 0 Å². The minimum atomic E-state index is -0.476. The Balaban J connectivity index is 2.25. The third-order valence-electron chi connectivity index (χ3n) is 4.14. The second-order valence-electron chi connectivity index (χ2n) is 5.65. The second-order valence-corrected chi connectivity index (χ2v) is 6.44. The number of nitrogens with one attached hydrogen (secondary N) is 1. The van der Waals surface area contributed by atoms with Crippen molar-refractivity contribution in [3.8, 4) is 6.07 Å². The first kappa shape index (κ1) is 15.3. The fourth-order valence-electron chi connectivity index (χ4n) is 2.66. The normalized spacial score (nSPS) is 26.1. The number of aliphatic hydroxyl groups excluding tert-OH is 1. The van der Waals surface area contributed by atoms with E-state index in [2.05, 4.69) is 28.2 Å². The second kappa shape index (κ2) is 6.11. The summed E-state index contributed by atoms with van der Waals surface area (Å²) in [6, 6.07) is 5.07. The van der Waals surface area contributed by atoms with Gasteiger partial charge in [0.15, 0.2) is 5.82 Å². The molecule has 0 amide bonds. The molecule has 0 aliphatic heterocycles. The van der Waals surface area contributed by atoms with E-state index in [0.29, 0.717) is 11.6 Å². The van der Waals surface area contributed by atoms with E-state index in [1.54, 1.807) is 12.1 Å². The summed E-state index contributed by atoms with van der Waals surface area (Å²) in [6.45, 7) is 2.18. The summed E-state index contributed by atoms with van der Waals surface area (Å²) < 4.78 is 14.4. The molecule has 2 N–H and O–H groups in total. The Labute approximate surface area is 126 Å². The molecule has 108 valence electrons. The van der Waals surface area contributed by atoms with Crippen molar-refractivity contribution < 1.29 is 9.50 Å². The SMILES string of the molecule is CC1CCC(CO)(Nc2ccc(C#N)c(Br)c2F)CC1. The highest BCUT2D eigenvalue weighted by molar-refractivity contribution is 9.10. The zero-order chi connectivity index (χ0) is 14.8. The van der Waals surface area contributed by atoms with Crippen molar-refractivity contribution in [3.05, 3.63) is 28.0 Å². The average molecular weight is 341 g/mol. The molecular weight excluding hydrogens is 323 g/mol. The summed E-state index contributed by atoms with van der Waals surface area (Å²) in [5.74, 6) is 0.171. The van der Waals surface area contributed by atoms with Crippen LogP contribution in [-0.4, -0.2) is 17.3 Å². The third kappa shape index (κ3) is 2.97. The molecule has 0 bridgehead atoms. The van der Waals surface area contributed by atoms with Crippen molar-refractivity contribution in [1.29, 1.82) is 5.26 Å². The van der Waals surface area contributed by atoms with E-state index in [1.165, 1.54) is 0 Å². The lowest BCUT2D eigenvalue weighted by molar-refractivity contribution is 0.155. The number of anilines is 1. The smallest absolute Gasteiger partial charge is 0.161 e. The molecule has 5 heteroatoms. The summed E-state index contributed by atoms with van der Waals surface area (Å²) in [4.78, 5) is 0. The molecule has 1 fully saturated rings. The van der Waals surface area contributed by atoms with Crippen LogP contribution in [0.2, 0.25) is 0 Å². The lowest BCUT2D eigenvalue weighted by atomic mass is 9.77. The molecule has 2 rings (SSSR count). The van der Waals surface area contributed by atoms with Crippen LogP contribution in [0.1, 0.15) is 38.2 Å². The Hall–Kier alpha value is -1.12. The fourth-order valence-corrected chi connectivity index (χ4v) is 3.09. The molecule has 0 spiro atoms. The van der Waals surface area contributed by atoms with Gasteiger partial charge in [-0.1, -0.05) is 6.92 Å². The van der Waals surface area contributed by atoms with E-state index in [4.69, 9.17) is 5.26 Å². The predicted molar refractivity (Wildman–Crippen MR) is 79.9 cm³/mol. The van der Waals surface area contributed by atoms with Gasteiger partial charge in [0.1, 0.15) is 6.07 Å². The van der Waals surface area contributed by atoms with Crippen LogP contribution in [0.15, 0.2) is 16.6 Å². The monoisotopic (exact) mass is 340 g/mol. The molecule has 1 saturated carbocycles. The quantitative estimate of drug-likeness (QED) is 0.879. The number of halogens is 2. The minimum absolute atomic E-state index is 0.0171. The standard InChI is InChI=1S/C15H18BrFN2O/c1-10-4-6-15(9-20,7-5-10)19-12-3-2-11(8-18)13(16)14(12)17/h2-3,10,19-20H,4-7,9H2,1H3. The van der Waals surface area contributed by atoms with Crippen LogP contribution >= 0.6 is 15.9 Å². The zero-order valence-electron chi connectivity index (χ0n) is 11.4. The Morgan fingerprint density at radius 2 is 2.15 bits per heavy atom. The van der Waals surface area contributed by atoms with Crippen molar-refractivity contribution >= 4 is 21.6 Å². The fraction of sp³-hybridized carbons (Fsp3) is 0.533. The summed E-state index contributed by atoms with van der Waals surface area (Å²) >= 11 is 3.11. The van der Waals surface area contributed by atoms with Crippen LogP contribution in [0.5, 0.6) is 0 Å². The molecule has 0 atom stereocenters. The molecule has 3 nitrogen and oxygen atoms in total. The Morgan fingerprint density at radius 3 is 2.70 bits per heavy atom. The summed E-state index contributed by atoms with van der Waals surface area (Å²) in [6.07, 6.45) is 3.68. The average Bonchev–Trinajstić information content (AvgIpc) is 2.47. The van der Waals surface area contributed by atoms with Gasteiger partial charge in [-0.05, 0) is 59.7 Å². The number of nitriles is 1. The first-order valence-electron chi connectivity index (χ1n) is 6.78. The van der Waals surface area contributed by atoms with Crippen LogP contribution in [-0.2, 0) is 0 Å². The maximum absolute atomic E-state index is 14.2. The Morgan fingerprint density at radius 1 is 1.50 bits per heavy atom. The van der Waals surface area contributed by atoms with Gasteiger partial charge < -0.3 is 10.4 Å². The van der Waals surface area contributed by atoms with E-state index in [0.717, 1.165) is 25.7 Å². The van der Waals surface area contributed by atoms with Crippen LogP contribution in [0.4, 0.5) is 10.1 Å². The van der Waals surface area contributed by atoms with Gasteiger partial charge in [0.25, 0.3) is 0 Å². The highest BCUT2D eigenvalue weighted by Crippen LogP contribution is 2.36. The number of nitrogens with zero attached hydrogens (tertiary/aromatic N) is 1. The number of aliphatic hydroxyl groups is 1. The first-order valence-corrected chi connectivity index (χ1v) is 7.58. The number of benzene rings is 1. The maximum Gasteiger partial charge on any atom is 0.161 e. The van der Waals surface area contributed by atoms with Crippen LogP contribution in [0.3, 0.4) is 0 Å². The van der Waals surface area contributed by atoms with Gasteiger partial charge >= 0.3 is 0 Å². The van der Waals surface area contributed by atoms with Gasteiger partial charge in [-0.25, -0.2) is 4.39 Å². The minimum Gasteiger partial charge on any atom is -0.394 e. The van der Waals surface area contributed by atoms with E-state index in [-0.39, 0.29) is 16.6 Å². The highest BCUT2D eigenvalue weighted by Gasteiger charge is 2.34. The third-order valence-corrected chi connectivity index (χ3v) is 4.91. The number of rotatable bonds is 3. The molecule has 1 aromatic rings. The molecule has 0 aromatic heterocycles. The summed E-state index contributed by atoms with van der Waals surface area (Å²) in [7, 11) is 0. The molecule has 0 saturated heterocycles. The van der Waals surface area contributed by atoms with Gasteiger partial charge in [-0.3, -0.25) is 0 Å². The molecule has 1 aliphatic carbocycles. The highest BCUT2D eigenvalue weighted by atomic mass is 79.9. The van der Waals surface area contributed by atoms with Gasteiger partial charge in [-0.2, -0.15) is 5.26 Å². The van der Waals surface area contributed by atoms with Gasteiger partial charge in [0.2, 0.25) is 0 Å². The van der Waals surface area contributed by atoms with Crippen LogP contribution < -0.4 is 5.32 Å². The van der Waals surface area contributed by atoms with Crippen molar-refractivity contribution in [2.24, 2.45) is 5.92 Å². The van der Waals surface area contributed by atoms with Crippen molar-refractivity contribution in [2.45, 2.75) is 38.1 Å². The number of hydrogen-bond donors (Lipinski definition) is 2. The molecular formula is C15H18BrFN2O. The largest absolute Gasteiger partial charge is 0.394 e. The first-order chi connectivity index (χ1) is 9.51. The van der Waals surface area contributed by atoms with Crippen molar-refractivity contribution in [2.75, 3.05) is 11.9 Å². The molecule has 1 aliphatic rings. The summed E-state index contributed by atoms with van der Waals surface area (Å²) in [5.41, 5.74) is 0.142.